The topological polar surface area (TPSA) is 42.0 Å². The summed E-state index contributed by atoms with van der Waals surface area (Å²) in [6, 6.07) is 5.39. The predicted molar refractivity (Wildman–Crippen MR) is 101 cm³/mol. The number of carbonyl (C=O) groups excluding carboxylic acids is 1. The van der Waals surface area contributed by atoms with Crippen LogP contribution in [-0.4, -0.2) is 62.7 Å². The molecule has 0 aromatic heterocycles. The van der Waals surface area contributed by atoms with Crippen molar-refractivity contribution >= 4 is 5.91 Å². The molecule has 140 valence electrons. The second kappa shape index (κ2) is 7.31. The largest absolute Gasteiger partial charge is 0.493 e. The number of amides is 1. The zero-order valence-corrected chi connectivity index (χ0v) is 15.7. The lowest BCUT2D eigenvalue weighted by Crippen LogP contribution is -2.50. The van der Waals surface area contributed by atoms with Crippen LogP contribution in [0.1, 0.15) is 23.2 Å². The van der Waals surface area contributed by atoms with Crippen LogP contribution in [0.3, 0.4) is 0 Å². The van der Waals surface area contributed by atoms with Crippen LogP contribution in [-0.2, 0) is 0 Å². The van der Waals surface area contributed by atoms with Crippen molar-refractivity contribution in [2.75, 3.05) is 46.9 Å². The molecule has 1 saturated carbocycles. The Morgan fingerprint density at radius 1 is 1.04 bits per heavy atom. The van der Waals surface area contributed by atoms with Crippen LogP contribution in [0.15, 0.2) is 30.4 Å². The molecule has 0 N–H and O–H groups in total. The minimum Gasteiger partial charge on any atom is -0.493 e. The van der Waals surface area contributed by atoms with E-state index in [2.05, 4.69) is 17.1 Å². The molecule has 26 heavy (non-hydrogen) atoms. The summed E-state index contributed by atoms with van der Waals surface area (Å²) in [5.74, 6) is 3.77. The van der Waals surface area contributed by atoms with Crippen LogP contribution < -0.4 is 9.47 Å². The van der Waals surface area contributed by atoms with E-state index in [4.69, 9.17) is 9.47 Å². The minimum atomic E-state index is 0.0773. The summed E-state index contributed by atoms with van der Waals surface area (Å²) in [4.78, 5) is 17.3. The smallest absolute Gasteiger partial charge is 0.254 e. The fourth-order valence-electron chi connectivity index (χ4n) is 4.72. The van der Waals surface area contributed by atoms with Gasteiger partial charge in [-0.25, -0.2) is 0 Å². The Morgan fingerprint density at radius 2 is 1.81 bits per heavy atom. The lowest BCUT2D eigenvalue weighted by atomic mass is 9.93. The predicted octanol–water partition coefficient (Wildman–Crippen LogP) is 2.67. The fourth-order valence-corrected chi connectivity index (χ4v) is 4.72. The summed E-state index contributed by atoms with van der Waals surface area (Å²) in [5, 5.41) is 0. The van der Waals surface area contributed by atoms with Gasteiger partial charge in [0.2, 0.25) is 0 Å². The van der Waals surface area contributed by atoms with E-state index in [1.807, 2.05) is 11.0 Å². The summed E-state index contributed by atoms with van der Waals surface area (Å²) < 4.78 is 10.6. The molecule has 4 rings (SSSR count). The lowest BCUT2D eigenvalue weighted by molar-refractivity contribution is 0.0610. The first-order valence-corrected chi connectivity index (χ1v) is 9.60. The number of piperazine rings is 1. The molecule has 2 fully saturated rings. The van der Waals surface area contributed by atoms with E-state index in [0.29, 0.717) is 17.1 Å². The minimum absolute atomic E-state index is 0.0773. The number of hydrogen-bond acceptors (Lipinski definition) is 4. The van der Waals surface area contributed by atoms with E-state index in [1.165, 1.54) is 19.4 Å². The van der Waals surface area contributed by atoms with Crippen LogP contribution >= 0.6 is 0 Å². The second-order valence-electron chi connectivity index (χ2n) is 7.70. The molecule has 1 aromatic carbocycles. The number of methoxy groups -OCH3 is 2. The third-order valence-corrected chi connectivity index (χ3v) is 6.20. The molecule has 1 heterocycles. The molecule has 1 aliphatic heterocycles. The Balaban J connectivity index is 1.33. The molecule has 2 aliphatic carbocycles. The standard InChI is InChI=1S/C21H28N2O3/c1-25-19-6-5-17(13-20(19)26-2)21(24)23-9-7-22(8-10-23)14-18-12-15-3-4-16(18)11-15/h3-6,13,15-16,18H,7-12,14H2,1-2H3/t15-,16+,18-/m1/s1. The highest BCUT2D eigenvalue weighted by Gasteiger charge is 2.36. The van der Waals surface area contributed by atoms with Crippen LogP contribution in [0.25, 0.3) is 0 Å². The van der Waals surface area contributed by atoms with Gasteiger partial charge < -0.3 is 14.4 Å². The average molecular weight is 356 g/mol. The number of benzene rings is 1. The number of rotatable bonds is 5. The van der Waals surface area contributed by atoms with E-state index in [1.54, 1.807) is 26.4 Å². The number of ether oxygens (including phenoxy) is 2. The zero-order valence-electron chi connectivity index (χ0n) is 15.7. The van der Waals surface area contributed by atoms with Crippen molar-refractivity contribution < 1.29 is 14.3 Å². The molecule has 1 saturated heterocycles. The third-order valence-electron chi connectivity index (χ3n) is 6.20. The molecular formula is C21H28N2O3. The molecule has 0 unspecified atom stereocenters. The summed E-state index contributed by atoms with van der Waals surface area (Å²) in [7, 11) is 3.19. The summed E-state index contributed by atoms with van der Waals surface area (Å²) in [5.41, 5.74) is 0.661. The first kappa shape index (κ1) is 17.4. The van der Waals surface area contributed by atoms with Gasteiger partial charge in [0.15, 0.2) is 11.5 Å². The van der Waals surface area contributed by atoms with Gasteiger partial charge in [0, 0.05) is 38.3 Å². The van der Waals surface area contributed by atoms with Crippen molar-refractivity contribution in [3.05, 3.63) is 35.9 Å². The van der Waals surface area contributed by atoms with Gasteiger partial charge in [-0.2, -0.15) is 0 Å². The lowest BCUT2D eigenvalue weighted by Gasteiger charge is -2.37. The Kier molecular flexibility index (Phi) is 4.90. The first-order chi connectivity index (χ1) is 12.7. The van der Waals surface area contributed by atoms with Crippen molar-refractivity contribution in [1.29, 1.82) is 0 Å². The zero-order chi connectivity index (χ0) is 18.1. The van der Waals surface area contributed by atoms with E-state index in [9.17, 15) is 4.79 Å². The molecule has 5 heteroatoms. The normalized spacial score (nSPS) is 27.8. The molecule has 0 spiro atoms. The van der Waals surface area contributed by atoms with Crippen LogP contribution in [0.5, 0.6) is 11.5 Å². The number of carbonyl (C=O) groups is 1. The Bertz CT molecular complexity index is 694. The van der Waals surface area contributed by atoms with Crippen LogP contribution in [0.2, 0.25) is 0 Å². The molecule has 3 atom stereocenters. The molecule has 0 radical (unpaired) electrons. The Labute approximate surface area is 155 Å². The highest BCUT2D eigenvalue weighted by molar-refractivity contribution is 5.95. The molecule has 5 nitrogen and oxygen atoms in total. The van der Waals surface area contributed by atoms with E-state index < -0.39 is 0 Å². The molecular weight excluding hydrogens is 328 g/mol. The highest BCUT2D eigenvalue weighted by atomic mass is 16.5. The number of allylic oxidation sites excluding steroid dienone is 2. The number of fused-ring (bicyclic) bond motifs is 2. The first-order valence-electron chi connectivity index (χ1n) is 9.60. The number of nitrogens with zero attached hydrogens (tertiary/aromatic N) is 2. The van der Waals surface area contributed by atoms with Gasteiger partial charge in [0.25, 0.3) is 5.91 Å². The van der Waals surface area contributed by atoms with E-state index >= 15 is 0 Å². The highest BCUT2D eigenvalue weighted by Crippen LogP contribution is 2.43. The molecule has 3 aliphatic rings. The molecule has 1 amide bonds. The summed E-state index contributed by atoms with van der Waals surface area (Å²) in [6.45, 7) is 4.71. The van der Waals surface area contributed by atoms with Crippen molar-refractivity contribution in [2.24, 2.45) is 17.8 Å². The quantitative estimate of drug-likeness (QED) is 0.761. The summed E-state index contributed by atoms with van der Waals surface area (Å²) in [6.07, 6.45) is 7.55. The maximum absolute atomic E-state index is 12.8. The maximum atomic E-state index is 12.8. The van der Waals surface area contributed by atoms with Crippen molar-refractivity contribution in [2.45, 2.75) is 12.8 Å². The molecule has 1 aromatic rings. The number of hydrogen-bond donors (Lipinski definition) is 0. The van der Waals surface area contributed by atoms with Gasteiger partial charge >= 0.3 is 0 Å². The monoisotopic (exact) mass is 356 g/mol. The maximum Gasteiger partial charge on any atom is 0.254 e. The SMILES string of the molecule is COc1ccc(C(=O)N2CCN(C[C@H]3C[C@@H]4C=C[C@H]3C4)CC2)cc1OC. The second-order valence-corrected chi connectivity index (χ2v) is 7.70. The van der Waals surface area contributed by atoms with Crippen molar-refractivity contribution in [3.8, 4) is 11.5 Å². The van der Waals surface area contributed by atoms with Gasteiger partial charge in [0.05, 0.1) is 14.2 Å². The summed E-state index contributed by atoms with van der Waals surface area (Å²) >= 11 is 0. The van der Waals surface area contributed by atoms with Gasteiger partial charge in [-0.05, 0) is 48.8 Å². The van der Waals surface area contributed by atoms with Crippen LogP contribution in [0.4, 0.5) is 0 Å². The van der Waals surface area contributed by atoms with Gasteiger partial charge in [-0.1, -0.05) is 12.2 Å². The molecule has 2 bridgehead atoms. The van der Waals surface area contributed by atoms with Gasteiger partial charge in [0.1, 0.15) is 0 Å². The average Bonchev–Trinajstić information content (AvgIpc) is 3.30. The van der Waals surface area contributed by atoms with E-state index in [0.717, 1.165) is 43.9 Å². The third kappa shape index (κ3) is 3.32. The van der Waals surface area contributed by atoms with Crippen LogP contribution in [0, 0.1) is 17.8 Å². The van der Waals surface area contributed by atoms with Gasteiger partial charge in [-0.15, -0.1) is 0 Å². The Morgan fingerprint density at radius 3 is 2.42 bits per heavy atom. The Hall–Kier alpha value is -2.01. The van der Waals surface area contributed by atoms with Crippen molar-refractivity contribution in [3.63, 3.8) is 0 Å². The van der Waals surface area contributed by atoms with Gasteiger partial charge in [-0.3, -0.25) is 9.69 Å². The van der Waals surface area contributed by atoms with Crippen molar-refractivity contribution in [1.82, 2.24) is 9.80 Å². The van der Waals surface area contributed by atoms with E-state index in [-0.39, 0.29) is 5.91 Å². The fraction of sp³-hybridized carbons (Fsp3) is 0.571.